The molecule has 3 heteroatoms. The minimum absolute atomic E-state index is 0.466. The second-order valence-electron chi connectivity index (χ2n) is 2.98. The smallest absolute Gasteiger partial charge is 0.0700 e. The number of ether oxygens (including phenoxy) is 1. The first-order valence-corrected chi connectivity index (χ1v) is 4.46. The third kappa shape index (κ3) is 3.70. The van der Waals surface area contributed by atoms with Crippen molar-refractivity contribution in [2.45, 2.75) is 25.4 Å². The topological polar surface area (TPSA) is 47.3 Å². The highest BCUT2D eigenvalue weighted by Crippen LogP contribution is 2.10. The fraction of sp³-hybridized carbons (Fsp3) is 1.00. The van der Waals surface area contributed by atoms with Crippen LogP contribution in [0.5, 0.6) is 0 Å². The number of hydrogen-bond acceptors (Lipinski definition) is 3. The third-order valence-electron chi connectivity index (χ3n) is 1.95. The van der Waals surface area contributed by atoms with Gasteiger partial charge in [0.1, 0.15) is 0 Å². The molecule has 3 nitrogen and oxygen atoms in total. The van der Waals surface area contributed by atoms with Gasteiger partial charge in [-0.15, -0.1) is 0 Å². The van der Waals surface area contributed by atoms with Gasteiger partial charge in [-0.2, -0.15) is 0 Å². The number of nitrogens with two attached hydrogens (primary N) is 1. The Kier molecular flexibility index (Phi) is 4.50. The standard InChI is InChI=1S/C8H18N2O/c9-4-2-5-10-7-8-3-1-6-11-8/h8,10H,1-7,9H2/t8-/m1/s1. The van der Waals surface area contributed by atoms with Gasteiger partial charge in [0.2, 0.25) is 0 Å². The van der Waals surface area contributed by atoms with E-state index in [4.69, 9.17) is 10.5 Å². The van der Waals surface area contributed by atoms with Gasteiger partial charge in [-0.05, 0) is 32.4 Å². The maximum atomic E-state index is 5.44. The molecule has 0 aromatic rings. The minimum atomic E-state index is 0.466. The predicted octanol–water partition coefficient (Wildman–Crippen LogP) is 0.104. The van der Waals surface area contributed by atoms with E-state index >= 15 is 0 Å². The molecule has 1 aliphatic heterocycles. The monoisotopic (exact) mass is 158 g/mol. The zero-order valence-electron chi connectivity index (χ0n) is 7.01. The molecule has 11 heavy (non-hydrogen) atoms. The van der Waals surface area contributed by atoms with Crippen LogP contribution in [0.2, 0.25) is 0 Å². The van der Waals surface area contributed by atoms with Crippen LogP contribution in [0.25, 0.3) is 0 Å². The minimum Gasteiger partial charge on any atom is -0.377 e. The molecule has 1 heterocycles. The molecule has 0 spiro atoms. The van der Waals surface area contributed by atoms with Gasteiger partial charge in [-0.25, -0.2) is 0 Å². The van der Waals surface area contributed by atoms with E-state index in [0.717, 1.165) is 32.7 Å². The third-order valence-corrected chi connectivity index (χ3v) is 1.95. The summed E-state index contributed by atoms with van der Waals surface area (Å²) < 4.78 is 5.44. The van der Waals surface area contributed by atoms with E-state index in [-0.39, 0.29) is 0 Å². The average Bonchev–Trinajstić information content (AvgIpc) is 2.50. The molecule has 1 saturated heterocycles. The molecule has 0 bridgehead atoms. The van der Waals surface area contributed by atoms with Gasteiger partial charge in [-0.3, -0.25) is 0 Å². The second-order valence-corrected chi connectivity index (χ2v) is 2.98. The van der Waals surface area contributed by atoms with Gasteiger partial charge in [0, 0.05) is 13.2 Å². The molecule has 0 amide bonds. The SMILES string of the molecule is NCCCNC[C@H]1CCCO1. The lowest BCUT2D eigenvalue weighted by molar-refractivity contribution is 0.110. The van der Waals surface area contributed by atoms with E-state index < -0.39 is 0 Å². The average molecular weight is 158 g/mol. The number of hydrogen-bond donors (Lipinski definition) is 2. The van der Waals surface area contributed by atoms with Crippen LogP contribution in [0.1, 0.15) is 19.3 Å². The maximum Gasteiger partial charge on any atom is 0.0700 e. The van der Waals surface area contributed by atoms with Crippen LogP contribution < -0.4 is 11.1 Å². The normalized spacial score (nSPS) is 24.3. The second kappa shape index (κ2) is 5.52. The summed E-state index contributed by atoms with van der Waals surface area (Å²) in [7, 11) is 0. The lowest BCUT2D eigenvalue weighted by atomic mass is 10.2. The van der Waals surface area contributed by atoms with Crippen LogP contribution in [-0.4, -0.2) is 32.3 Å². The van der Waals surface area contributed by atoms with Crippen LogP contribution in [0.4, 0.5) is 0 Å². The molecule has 0 aromatic carbocycles. The zero-order valence-corrected chi connectivity index (χ0v) is 7.01. The molecule has 0 aromatic heterocycles. The lowest BCUT2D eigenvalue weighted by Crippen LogP contribution is -2.27. The van der Waals surface area contributed by atoms with E-state index in [2.05, 4.69) is 5.32 Å². The van der Waals surface area contributed by atoms with Gasteiger partial charge >= 0.3 is 0 Å². The molecule has 1 aliphatic rings. The van der Waals surface area contributed by atoms with Crippen molar-refractivity contribution in [2.75, 3.05) is 26.2 Å². The highest BCUT2D eigenvalue weighted by atomic mass is 16.5. The van der Waals surface area contributed by atoms with Crippen molar-refractivity contribution in [3.8, 4) is 0 Å². The fourth-order valence-corrected chi connectivity index (χ4v) is 1.30. The highest BCUT2D eigenvalue weighted by Gasteiger charge is 2.13. The maximum absolute atomic E-state index is 5.44. The molecule has 0 radical (unpaired) electrons. The molecular weight excluding hydrogens is 140 g/mol. The van der Waals surface area contributed by atoms with Crippen molar-refractivity contribution in [3.63, 3.8) is 0 Å². The molecule has 1 rings (SSSR count). The Labute approximate surface area is 68.3 Å². The van der Waals surface area contributed by atoms with Gasteiger partial charge < -0.3 is 15.8 Å². The van der Waals surface area contributed by atoms with Crippen molar-refractivity contribution in [1.29, 1.82) is 0 Å². The van der Waals surface area contributed by atoms with E-state index in [0.29, 0.717) is 6.10 Å². The Morgan fingerprint density at radius 1 is 1.55 bits per heavy atom. The Balaban J connectivity index is 1.86. The lowest BCUT2D eigenvalue weighted by Gasteiger charge is -2.09. The van der Waals surface area contributed by atoms with E-state index in [1.807, 2.05) is 0 Å². The molecule has 3 N–H and O–H groups in total. The molecule has 66 valence electrons. The summed E-state index contributed by atoms with van der Waals surface area (Å²) in [6.07, 6.45) is 3.97. The quantitative estimate of drug-likeness (QED) is 0.558. The molecular formula is C8H18N2O. The van der Waals surface area contributed by atoms with Gasteiger partial charge in [0.05, 0.1) is 6.10 Å². The van der Waals surface area contributed by atoms with E-state index in [9.17, 15) is 0 Å². The van der Waals surface area contributed by atoms with Crippen LogP contribution in [-0.2, 0) is 4.74 Å². The van der Waals surface area contributed by atoms with Crippen molar-refractivity contribution < 1.29 is 4.74 Å². The van der Waals surface area contributed by atoms with E-state index in [1.54, 1.807) is 0 Å². The largest absolute Gasteiger partial charge is 0.377 e. The summed E-state index contributed by atoms with van der Waals surface area (Å²) in [4.78, 5) is 0. The predicted molar refractivity (Wildman–Crippen MR) is 45.5 cm³/mol. The Morgan fingerprint density at radius 2 is 2.45 bits per heavy atom. The molecule has 0 saturated carbocycles. The highest BCUT2D eigenvalue weighted by molar-refractivity contribution is 4.67. The fourth-order valence-electron chi connectivity index (χ4n) is 1.30. The summed E-state index contributed by atoms with van der Waals surface area (Å²) in [5.41, 5.74) is 5.35. The summed E-state index contributed by atoms with van der Waals surface area (Å²) in [6, 6.07) is 0. The first kappa shape index (κ1) is 8.97. The zero-order chi connectivity index (χ0) is 7.94. The Morgan fingerprint density at radius 3 is 3.09 bits per heavy atom. The summed E-state index contributed by atoms with van der Waals surface area (Å²) >= 11 is 0. The summed E-state index contributed by atoms with van der Waals surface area (Å²) in [6.45, 7) is 3.75. The Hall–Kier alpha value is -0.120. The van der Waals surface area contributed by atoms with Crippen molar-refractivity contribution in [3.05, 3.63) is 0 Å². The summed E-state index contributed by atoms with van der Waals surface area (Å²) in [5.74, 6) is 0. The molecule has 0 aliphatic carbocycles. The van der Waals surface area contributed by atoms with E-state index in [1.165, 1.54) is 12.8 Å². The van der Waals surface area contributed by atoms with Crippen molar-refractivity contribution in [1.82, 2.24) is 5.32 Å². The van der Waals surface area contributed by atoms with Gasteiger partial charge in [-0.1, -0.05) is 0 Å². The number of rotatable bonds is 5. The van der Waals surface area contributed by atoms with Gasteiger partial charge in [0.15, 0.2) is 0 Å². The van der Waals surface area contributed by atoms with Crippen LogP contribution in [0.3, 0.4) is 0 Å². The summed E-state index contributed by atoms with van der Waals surface area (Å²) in [5, 5.41) is 3.32. The molecule has 0 unspecified atom stereocenters. The van der Waals surface area contributed by atoms with Crippen LogP contribution in [0, 0.1) is 0 Å². The molecule has 1 atom stereocenters. The Bertz CT molecular complexity index is 92.1. The van der Waals surface area contributed by atoms with Crippen LogP contribution >= 0.6 is 0 Å². The van der Waals surface area contributed by atoms with Crippen molar-refractivity contribution >= 4 is 0 Å². The molecule has 1 fully saturated rings. The van der Waals surface area contributed by atoms with Crippen LogP contribution in [0.15, 0.2) is 0 Å². The first-order valence-electron chi connectivity index (χ1n) is 4.46. The number of nitrogens with one attached hydrogen (secondary N) is 1. The van der Waals surface area contributed by atoms with Crippen molar-refractivity contribution in [2.24, 2.45) is 5.73 Å². The van der Waals surface area contributed by atoms with Gasteiger partial charge in [0.25, 0.3) is 0 Å². The first-order chi connectivity index (χ1) is 5.43.